The third kappa shape index (κ3) is 3.76. The van der Waals surface area contributed by atoms with Crippen LogP contribution in [0.15, 0.2) is 12.7 Å². The summed E-state index contributed by atoms with van der Waals surface area (Å²) in [6.07, 6.45) is 2.24. The summed E-state index contributed by atoms with van der Waals surface area (Å²) in [6, 6.07) is 0.260. The van der Waals surface area contributed by atoms with Crippen LogP contribution in [-0.4, -0.2) is 11.9 Å². The highest BCUT2D eigenvalue weighted by atomic mass is 16.1. The zero-order valence-electron chi connectivity index (χ0n) is 5.98. The van der Waals surface area contributed by atoms with E-state index in [1.54, 1.807) is 0 Å². The van der Waals surface area contributed by atoms with Crippen LogP contribution in [0.5, 0.6) is 0 Å². The Balaban J connectivity index is 3.46. The molecule has 1 amide bonds. The summed E-state index contributed by atoms with van der Waals surface area (Å²) < 4.78 is 0. The smallest absolute Gasteiger partial charge is 0.243 e. The molecule has 0 unspecified atom stereocenters. The van der Waals surface area contributed by atoms with Crippen LogP contribution in [-0.2, 0) is 4.79 Å². The fourth-order valence-corrected chi connectivity index (χ4v) is 0.404. The van der Waals surface area contributed by atoms with Gasteiger partial charge in [-0.15, -0.1) is 0 Å². The van der Waals surface area contributed by atoms with Crippen LogP contribution in [0.2, 0.25) is 0 Å². The summed E-state index contributed by atoms with van der Waals surface area (Å²) >= 11 is 0. The van der Waals surface area contributed by atoms with E-state index < -0.39 is 0 Å². The van der Waals surface area contributed by atoms with Crippen LogP contribution >= 0.6 is 0 Å². The number of nitrogens with one attached hydrogen (secondary N) is 1. The lowest BCUT2D eigenvalue weighted by atomic mass is 10.2. The predicted molar refractivity (Wildman–Crippen MR) is 38.1 cm³/mol. The van der Waals surface area contributed by atoms with Crippen LogP contribution < -0.4 is 5.32 Å². The predicted octanol–water partition coefficient (Wildman–Crippen LogP) is 1.09. The summed E-state index contributed by atoms with van der Waals surface area (Å²) in [4.78, 5) is 10.6. The Morgan fingerprint density at radius 1 is 1.89 bits per heavy atom. The Bertz CT molecular complexity index is 109. The molecule has 0 saturated carbocycles. The SMILES string of the molecule is C=CC(=O)N[C@H](C)CC. The van der Waals surface area contributed by atoms with Gasteiger partial charge in [-0.1, -0.05) is 13.5 Å². The lowest BCUT2D eigenvalue weighted by Crippen LogP contribution is -2.30. The molecule has 1 atom stereocenters. The molecule has 0 heterocycles. The van der Waals surface area contributed by atoms with Crippen LogP contribution in [0.1, 0.15) is 20.3 Å². The van der Waals surface area contributed by atoms with Gasteiger partial charge in [-0.25, -0.2) is 0 Å². The Labute approximate surface area is 56.0 Å². The van der Waals surface area contributed by atoms with Gasteiger partial charge in [-0.05, 0) is 19.4 Å². The van der Waals surface area contributed by atoms with Crippen molar-refractivity contribution in [2.45, 2.75) is 26.3 Å². The second kappa shape index (κ2) is 4.13. The van der Waals surface area contributed by atoms with Gasteiger partial charge in [0, 0.05) is 6.04 Å². The van der Waals surface area contributed by atoms with Crippen molar-refractivity contribution in [2.75, 3.05) is 0 Å². The number of hydrogen-bond donors (Lipinski definition) is 1. The average Bonchev–Trinajstić information content (AvgIpc) is 1.87. The topological polar surface area (TPSA) is 29.1 Å². The van der Waals surface area contributed by atoms with Gasteiger partial charge in [0.25, 0.3) is 0 Å². The van der Waals surface area contributed by atoms with Gasteiger partial charge in [0.1, 0.15) is 0 Å². The highest BCUT2D eigenvalue weighted by Crippen LogP contribution is 1.86. The zero-order chi connectivity index (χ0) is 7.28. The summed E-state index contributed by atoms with van der Waals surface area (Å²) in [5, 5.41) is 2.72. The minimum Gasteiger partial charge on any atom is -0.350 e. The molecule has 0 fully saturated rings. The van der Waals surface area contributed by atoms with Gasteiger partial charge in [0.15, 0.2) is 0 Å². The van der Waals surface area contributed by atoms with E-state index in [2.05, 4.69) is 11.9 Å². The van der Waals surface area contributed by atoms with E-state index in [-0.39, 0.29) is 11.9 Å². The number of carbonyl (C=O) groups excluding carboxylic acids is 1. The minimum absolute atomic E-state index is 0.0932. The zero-order valence-corrected chi connectivity index (χ0v) is 5.98. The maximum absolute atomic E-state index is 10.6. The Morgan fingerprint density at radius 3 is 2.78 bits per heavy atom. The highest BCUT2D eigenvalue weighted by molar-refractivity contribution is 5.86. The van der Waals surface area contributed by atoms with Crippen molar-refractivity contribution in [1.29, 1.82) is 0 Å². The molecular weight excluding hydrogens is 114 g/mol. The molecule has 0 aromatic rings. The van der Waals surface area contributed by atoms with Crippen molar-refractivity contribution in [1.82, 2.24) is 5.32 Å². The maximum atomic E-state index is 10.6. The van der Waals surface area contributed by atoms with E-state index in [9.17, 15) is 4.79 Å². The van der Waals surface area contributed by atoms with E-state index >= 15 is 0 Å². The molecule has 0 spiro atoms. The van der Waals surface area contributed by atoms with E-state index in [0.29, 0.717) is 0 Å². The third-order valence-corrected chi connectivity index (χ3v) is 1.19. The van der Waals surface area contributed by atoms with Gasteiger partial charge >= 0.3 is 0 Å². The first kappa shape index (κ1) is 8.21. The summed E-state index contributed by atoms with van der Waals surface area (Å²) in [5.41, 5.74) is 0. The number of hydrogen-bond acceptors (Lipinski definition) is 1. The lowest BCUT2D eigenvalue weighted by Gasteiger charge is -2.07. The minimum atomic E-state index is -0.0932. The first-order chi connectivity index (χ1) is 4.20. The molecule has 0 aromatic carbocycles. The molecule has 0 saturated heterocycles. The number of amides is 1. The Morgan fingerprint density at radius 2 is 2.44 bits per heavy atom. The molecule has 0 bridgehead atoms. The molecule has 2 nitrogen and oxygen atoms in total. The first-order valence-electron chi connectivity index (χ1n) is 3.13. The van der Waals surface area contributed by atoms with Crippen molar-refractivity contribution >= 4 is 5.91 Å². The Hall–Kier alpha value is -0.790. The van der Waals surface area contributed by atoms with Crippen molar-refractivity contribution in [2.24, 2.45) is 0 Å². The third-order valence-electron chi connectivity index (χ3n) is 1.19. The summed E-state index contributed by atoms with van der Waals surface area (Å²) in [5.74, 6) is -0.0932. The highest BCUT2D eigenvalue weighted by Gasteiger charge is 1.98. The number of carbonyl (C=O) groups is 1. The van der Waals surface area contributed by atoms with Gasteiger partial charge < -0.3 is 5.32 Å². The Kier molecular flexibility index (Phi) is 3.76. The monoisotopic (exact) mass is 127 g/mol. The molecule has 9 heavy (non-hydrogen) atoms. The quantitative estimate of drug-likeness (QED) is 0.565. The van der Waals surface area contributed by atoms with Crippen molar-refractivity contribution in [3.63, 3.8) is 0 Å². The number of rotatable bonds is 3. The molecule has 52 valence electrons. The van der Waals surface area contributed by atoms with E-state index in [1.165, 1.54) is 6.08 Å². The lowest BCUT2D eigenvalue weighted by molar-refractivity contribution is -0.117. The normalized spacial score (nSPS) is 12.2. The second-order valence-electron chi connectivity index (χ2n) is 2.02. The summed E-state index contributed by atoms with van der Waals surface area (Å²) in [6.45, 7) is 7.32. The molecular formula is C7H13NO. The van der Waals surface area contributed by atoms with Gasteiger partial charge in [0.05, 0.1) is 0 Å². The van der Waals surface area contributed by atoms with Crippen molar-refractivity contribution in [3.8, 4) is 0 Å². The maximum Gasteiger partial charge on any atom is 0.243 e. The molecule has 0 aliphatic carbocycles. The van der Waals surface area contributed by atoms with E-state index in [1.807, 2.05) is 13.8 Å². The fourth-order valence-electron chi connectivity index (χ4n) is 0.404. The molecule has 0 aliphatic rings. The standard InChI is InChI=1S/C7H13NO/c1-4-6(3)8-7(9)5-2/h5-6H,2,4H2,1,3H3,(H,8,9)/t6-/m1/s1. The van der Waals surface area contributed by atoms with Gasteiger partial charge in [-0.2, -0.15) is 0 Å². The first-order valence-corrected chi connectivity index (χ1v) is 3.13. The van der Waals surface area contributed by atoms with Crippen LogP contribution in [0, 0.1) is 0 Å². The average molecular weight is 127 g/mol. The molecule has 0 aliphatic heterocycles. The van der Waals surface area contributed by atoms with Crippen molar-refractivity contribution < 1.29 is 4.79 Å². The van der Waals surface area contributed by atoms with Crippen LogP contribution in [0.4, 0.5) is 0 Å². The molecule has 0 aromatic heterocycles. The molecule has 2 heteroatoms. The second-order valence-corrected chi connectivity index (χ2v) is 2.02. The fraction of sp³-hybridized carbons (Fsp3) is 0.571. The molecule has 0 rings (SSSR count). The van der Waals surface area contributed by atoms with E-state index in [0.717, 1.165) is 6.42 Å². The van der Waals surface area contributed by atoms with E-state index in [4.69, 9.17) is 0 Å². The summed E-state index contributed by atoms with van der Waals surface area (Å²) in [7, 11) is 0. The molecule has 0 radical (unpaired) electrons. The van der Waals surface area contributed by atoms with Gasteiger partial charge in [-0.3, -0.25) is 4.79 Å². The van der Waals surface area contributed by atoms with Crippen LogP contribution in [0.3, 0.4) is 0 Å². The molecule has 1 N–H and O–H groups in total. The largest absolute Gasteiger partial charge is 0.350 e. The van der Waals surface area contributed by atoms with Gasteiger partial charge in [0.2, 0.25) is 5.91 Å². The van der Waals surface area contributed by atoms with Crippen LogP contribution in [0.25, 0.3) is 0 Å². The van der Waals surface area contributed by atoms with Crippen molar-refractivity contribution in [3.05, 3.63) is 12.7 Å².